The molecule has 1 aromatic heterocycles. The first-order valence-corrected chi connectivity index (χ1v) is 11.0. The number of nitrogens with one attached hydrogen (secondary N) is 3. The number of hydrogen-bond acceptors (Lipinski definition) is 7. The van der Waals surface area contributed by atoms with E-state index in [4.69, 9.17) is 0 Å². The number of carbonyl (C=O) groups excluding carboxylic acids is 3. The van der Waals surface area contributed by atoms with Crippen LogP contribution in [0.25, 0.3) is 0 Å². The monoisotopic (exact) mass is 434 g/mol. The number of benzene rings is 1. The predicted molar refractivity (Wildman–Crippen MR) is 119 cm³/mol. The van der Waals surface area contributed by atoms with Crippen LogP contribution in [0.5, 0.6) is 0 Å². The average Bonchev–Trinajstić information content (AvgIpc) is 3.14. The van der Waals surface area contributed by atoms with Crippen LogP contribution in [0.1, 0.15) is 34.3 Å². The molecule has 0 radical (unpaired) electrons. The van der Waals surface area contributed by atoms with E-state index in [2.05, 4.69) is 25.8 Å². The van der Waals surface area contributed by atoms with Crippen molar-refractivity contribution in [3.63, 3.8) is 0 Å². The summed E-state index contributed by atoms with van der Waals surface area (Å²) in [5.41, 5.74) is 3.43. The number of hydrogen-bond donors (Lipinski definition) is 3. The van der Waals surface area contributed by atoms with Crippen LogP contribution < -0.4 is 20.9 Å². The fourth-order valence-electron chi connectivity index (χ4n) is 4.49. The molecule has 9 heteroatoms. The minimum absolute atomic E-state index is 0.154. The van der Waals surface area contributed by atoms with Gasteiger partial charge in [-0.25, -0.2) is 4.98 Å². The lowest BCUT2D eigenvalue weighted by Crippen LogP contribution is -2.52. The lowest BCUT2D eigenvalue weighted by atomic mass is 10.0. The molecule has 2 aromatic rings. The largest absolute Gasteiger partial charge is 0.380 e. The second-order valence-corrected chi connectivity index (χ2v) is 8.39. The first kappa shape index (κ1) is 20.4. The highest BCUT2D eigenvalue weighted by Gasteiger charge is 2.39. The molecule has 32 heavy (non-hydrogen) atoms. The van der Waals surface area contributed by atoms with Gasteiger partial charge in [-0.2, -0.15) is 0 Å². The maximum absolute atomic E-state index is 13.0. The van der Waals surface area contributed by atoms with E-state index in [1.54, 1.807) is 4.90 Å². The molecule has 2 fully saturated rings. The number of fused-ring (bicyclic) bond motifs is 1. The molecule has 9 nitrogen and oxygen atoms in total. The predicted octanol–water partition coefficient (Wildman–Crippen LogP) is 0.864. The molecule has 0 bridgehead atoms. The van der Waals surface area contributed by atoms with Crippen molar-refractivity contribution in [2.45, 2.75) is 32.0 Å². The molecule has 2 saturated heterocycles. The van der Waals surface area contributed by atoms with E-state index in [-0.39, 0.29) is 24.1 Å². The van der Waals surface area contributed by atoms with Gasteiger partial charge in [-0.1, -0.05) is 12.1 Å². The molecule has 3 N–H and O–H groups in total. The van der Waals surface area contributed by atoms with Gasteiger partial charge in [-0.3, -0.25) is 19.7 Å². The van der Waals surface area contributed by atoms with Gasteiger partial charge in [-0.05, 0) is 35.7 Å². The normalized spacial score (nSPS) is 20.9. The number of rotatable bonds is 5. The van der Waals surface area contributed by atoms with Gasteiger partial charge in [0.1, 0.15) is 11.9 Å². The Kier molecular flexibility index (Phi) is 5.48. The Morgan fingerprint density at radius 2 is 1.94 bits per heavy atom. The molecule has 0 spiro atoms. The number of nitrogens with zero attached hydrogens (tertiary/aromatic N) is 3. The van der Waals surface area contributed by atoms with Crippen molar-refractivity contribution >= 4 is 29.2 Å². The fraction of sp³-hybridized carbons (Fsp3) is 0.391. The highest BCUT2D eigenvalue weighted by Crippen LogP contribution is 2.28. The number of carbonyl (C=O) groups is 3. The minimum Gasteiger partial charge on any atom is -0.380 e. The Labute approximate surface area is 186 Å². The molecule has 0 aliphatic carbocycles. The molecule has 3 aliphatic heterocycles. The fourth-order valence-corrected chi connectivity index (χ4v) is 4.49. The topological polar surface area (TPSA) is 107 Å². The van der Waals surface area contributed by atoms with Gasteiger partial charge < -0.3 is 20.4 Å². The van der Waals surface area contributed by atoms with E-state index >= 15 is 0 Å². The van der Waals surface area contributed by atoms with E-state index in [0.29, 0.717) is 25.1 Å². The maximum Gasteiger partial charge on any atom is 0.255 e. The maximum atomic E-state index is 13.0. The number of aromatic nitrogens is 1. The molecular weight excluding hydrogens is 408 g/mol. The Bertz CT molecular complexity index is 1050. The van der Waals surface area contributed by atoms with Gasteiger partial charge in [0.05, 0.1) is 11.9 Å². The number of piperidine rings is 1. The molecule has 5 rings (SSSR count). The van der Waals surface area contributed by atoms with Crippen LogP contribution in [0.2, 0.25) is 0 Å². The van der Waals surface area contributed by atoms with Crippen LogP contribution in [0.15, 0.2) is 36.5 Å². The summed E-state index contributed by atoms with van der Waals surface area (Å²) in [4.78, 5) is 45.0. The molecule has 1 unspecified atom stereocenters. The minimum atomic E-state index is -0.588. The zero-order chi connectivity index (χ0) is 22.1. The molecule has 3 aliphatic rings. The van der Waals surface area contributed by atoms with Crippen molar-refractivity contribution in [1.82, 2.24) is 20.5 Å². The number of anilines is 2. The lowest BCUT2D eigenvalue weighted by molar-refractivity contribution is -0.136. The third-order valence-corrected chi connectivity index (χ3v) is 6.28. The van der Waals surface area contributed by atoms with Gasteiger partial charge in [0.2, 0.25) is 11.8 Å². The smallest absolute Gasteiger partial charge is 0.255 e. The summed E-state index contributed by atoms with van der Waals surface area (Å²) in [6, 6.07) is 9.29. The summed E-state index contributed by atoms with van der Waals surface area (Å²) < 4.78 is 0. The Hall–Kier alpha value is -3.46. The van der Waals surface area contributed by atoms with Gasteiger partial charge in [-0.15, -0.1) is 0 Å². The summed E-state index contributed by atoms with van der Waals surface area (Å²) in [6.45, 7) is 4.82. The Morgan fingerprint density at radius 3 is 2.69 bits per heavy atom. The second-order valence-electron chi connectivity index (χ2n) is 8.39. The van der Waals surface area contributed by atoms with Gasteiger partial charge >= 0.3 is 0 Å². The Morgan fingerprint density at radius 1 is 1.09 bits per heavy atom. The lowest BCUT2D eigenvalue weighted by Gasteiger charge is -2.29. The molecule has 3 amide bonds. The van der Waals surface area contributed by atoms with Crippen molar-refractivity contribution in [2.75, 3.05) is 36.4 Å². The third kappa shape index (κ3) is 4.03. The zero-order valence-corrected chi connectivity index (χ0v) is 17.8. The van der Waals surface area contributed by atoms with Crippen LogP contribution in [0.3, 0.4) is 0 Å². The highest BCUT2D eigenvalue weighted by atomic mass is 16.2. The highest BCUT2D eigenvalue weighted by molar-refractivity contribution is 6.05. The molecule has 4 heterocycles. The first-order chi connectivity index (χ1) is 15.6. The van der Waals surface area contributed by atoms with Gasteiger partial charge in [0, 0.05) is 51.3 Å². The van der Waals surface area contributed by atoms with Crippen LogP contribution in [0.4, 0.5) is 11.5 Å². The number of imide groups is 1. The quantitative estimate of drug-likeness (QED) is 0.600. The van der Waals surface area contributed by atoms with Crippen molar-refractivity contribution in [3.8, 4) is 0 Å². The van der Waals surface area contributed by atoms with E-state index in [0.717, 1.165) is 48.8 Å². The van der Waals surface area contributed by atoms with E-state index < -0.39 is 6.04 Å². The van der Waals surface area contributed by atoms with Crippen molar-refractivity contribution in [2.24, 2.45) is 0 Å². The van der Waals surface area contributed by atoms with Crippen molar-refractivity contribution in [1.29, 1.82) is 0 Å². The van der Waals surface area contributed by atoms with Crippen LogP contribution >= 0.6 is 0 Å². The van der Waals surface area contributed by atoms with E-state index in [9.17, 15) is 14.4 Å². The van der Waals surface area contributed by atoms with E-state index in [1.165, 1.54) is 0 Å². The zero-order valence-electron chi connectivity index (χ0n) is 17.8. The van der Waals surface area contributed by atoms with Gasteiger partial charge in [0.25, 0.3) is 5.91 Å². The Balaban J connectivity index is 1.22. The molecule has 1 aromatic carbocycles. The molecule has 166 valence electrons. The van der Waals surface area contributed by atoms with Crippen LogP contribution in [0, 0.1) is 0 Å². The standard InChI is InChI=1S/C23H26N6O3/c30-21-6-4-19(22(31)27-21)29-14-16-2-1-15(11-18(16)23(29)32)12-25-17-3-5-20(26-13-17)28-9-7-24-8-10-28/h1-3,5,11,13,19,24-25H,4,6-10,12,14H2,(H,27,30,31). The second kappa shape index (κ2) is 8.58. The number of piperazine rings is 1. The average molecular weight is 435 g/mol. The van der Waals surface area contributed by atoms with Crippen molar-refractivity contribution in [3.05, 3.63) is 53.2 Å². The first-order valence-electron chi connectivity index (χ1n) is 11.0. The summed E-state index contributed by atoms with van der Waals surface area (Å²) in [5.74, 6) is 0.160. The molecular formula is C23H26N6O3. The van der Waals surface area contributed by atoms with Gasteiger partial charge in [0.15, 0.2) is 0 Å². The summed E-state index contributed by atoms with van der Waals surface area (Å²) in [5, 5.41) is 9.04. The van der Waals surface area contributed by atoms with E-state index in [1.807, 2.05) is 36.5 Å². The molecule has 0 saturated carbocycles. The SMILES string of the molecule is O=C1CCC(N2Cc3ccc(CNc4ccc(N5CCNCC5)nc4)cc3C2=O)C(=O)N1. The summed E-state index contributed by atoms with van der Waals surface area (Å²) in [6.07, 6.45) is 2.46. The van der Waals surface area contributed by atoms with Crippen molar-refractivity contribution < 1.29 is 14.4 Å². The number of pyridine rings is 1. The summed E-state index contributed by atoms with van der Waals surface area (Å²) >= 11 is 0. The van der Waals surface area contributed by atoms with Crippen LogP contribution in [-0.2, 0) is 22.7 Å². The third-order valence-electron chi connectivity index (χ3n) is 6.28. The molecule has 1 atom stereocenters. The van der Waals surface area contributed by atoms with Crippen LogP contribution in [-0.4, -0.2) is 59.8 Å². The number of amides is 3. The summed E-state index contributed by atoms with van der Waals surface area (Å²) in [7, 11) is 0.